The number of piperidine rings is 1. The summed E-state index contributed by atoms with van der Waals surface area (Å²) in [5, 5.41) is 0.203. The Kier molecular flexibility index (Phi) is 7.81. The molecule has 1 amide bonds. The summed E-state index contributed by atoms with van der Waals surface area (Å²) < 4.78 is 45.6. The Labute approximate surface area is 191 Å². The van der Waals surface area contributed by atoms with Gasteiger partial charge in [-0.2, -0.15) is 4.31 Å². The molecule has 0 N–H and O–H groups in total. The van der Waals surface area contributed by atoms with Gasteiger partial charge in [-0.3, -0.25) is 14.6 Å². The van der Waals surface area contributed by atoms with Crippen LogP contribution in [0.5, 0.6) is 0 Å². The van der Waals surface area contributed by atoms with Crippen molar-refractivity contribution in [2.75, 3.05) is 26.7 Å². The predicted octanol–water partition coefficient (Wildman–Crippen LogP) is 2.48. The first-order valence-corrected chi connectivity index (χ1v) is 11.8. The van der Waals surface area contributed by atoms with Crippen molar-refractivity contribution in [2.24, 2.45) is 5.92 Å². The number of hydrogen-bond donors (Lipinski definition) is 0. The van der Waals surface area contributed by atoms with E-state index in [1.54, 1.807) is 6.07 Å². The van der Waals surface area contributed by atoms with Crippen LogP contribution in [-0.4, -0.2) is 61.2 Å². The molecular weight excluding hydrogens is 461 g/mol. The number of sulfonamides is 1. The standard InChI is InChI=1S/C21H23ClFN3O5S/c1-25(13-17-18(22)5-2-6-19(17)23)20(27)14-31-21(28)15-7-10-26(11-8-15)32(29,30)16-4-3-9-24-12-16/h2-6,9,12,15H,7-8,10-11,13-14H2,1H3. The van der Waals surface area contributed by atoms with E-state index in [4.69, 9.17) is 16.3 Å². The van der Waals surface area contributed by atoms with Gasteiger partial charge in [0, 0.05) is 49.7 Å². The summed E-state index contributed by atoms with van der Waals surface area (Å²) in [6, 6.07) is 7.27. The van der Waals surface area contributed by atoms with E-state index in [0.717, 1.165) is 0 Å². The monoisotopic (exact) mass is 483 g/mol. The molecule has 0 aliphatic carbocycles. The minimum atomic E-state index is -3.67. The van der Waals surface area contributed by atoms with Gasteiger partial charge >= 0.3 is 5.97 Å². The van der Waals surface area contributed by atoms with Crippen molar-refractivity contribution >= 4 is 33.5 Å². The van der Waals surface area contributed by atoms with Crippen LogP contribution in [-0.2, 0) is 30.9 Å². The number of carbonyl (C=O) groups excluding carboxylic acids is 2. The highest BCUT2D eigenvalue weighted by Crippen LogP contribution is 2.24. The highest BCUT2D eigenvalue weighted by Gasteiger charge is 2.33. The summed E-state index contributed by atoms with van der Waals surface area (Å²) in [5.74, 6) is -2.10. The number of ether oxygens (including phenoxy) is 1. The summed E-state index contributed by atoms with van der Waals surface area (Å²) in [6.45, 7) is -0.227. The molecule has 2 aromatic rings. The fourth-order valence-corrected chi connectivity index (χ4v) is 5.01. The van der Waals surface area contributed by atoms with Crippen molar-refractivity contribution in [1.29, 1.82) is 0 Å². The van der Waals surface area contributed by atoms with E-state index >= 15 is 0 Å². The molecule has 1 aliphatic heterocycles. The number of pyridine rings is 1. The lowest BCUT2D eigenvalue weighted by atomic mass is 9.98. The van der Waals surface area contributed by atoms with Gasteiger partial charge < -0.3 is 9.64 Å². The zero-order chi connectivity index (χ0) is 23.3. The number of rotatable bonds is 7. The lowest BCUT2D eigenvalue weighted by Gasteiger charge is -2.30. The van der Waals surface area contributed by atoms with Crippen molar-refractivity contribution in [3.8, 4) is 0 Å². The van der Waals surface area contributed by atoms with Gasteiger partial charge in [0.2, 0.25) is 10.0 Å². The molecule has 1 aliphatic rings. The third kappa shape index (κ3) is 5.62. The average Bonchev–Trinajstić information content (AvgIpc) is 2.80. The molecule has 1 fully saturated rings. The summed E-state index contributed by atoms with van der Waals surface area (Å²) in [7, 11) is -2.21. The highest BCUT2D eigenvalue weighted by molar-refractivity contribution is 7.89. The lowest BCUT2D eigenvalue weighted by molar-refractivity contribution is -0.156. The number of nitrogens with zero attached hydrogens (tertiary/aromatic N) is 3. The number of benzene rings is 1. The van der Waals surface area contributed by atoms with Crippen LogP contribution in [0.4, 0.5) is 4.39 Å². The Morgan fingerprint density at radius 2 is 1.97 bits per heavy atom. The molecule has 0 radical (unpaired) electrons. The molecule has 1 aromatic carbocycles. The van der Waals surface area contributed by atoms with Gasteiger partial charge in [0.1, 0.15) is 10.7 Å². The van der Waals surface area contributed by atoms with E-state index in [-0.39, 0.29) is 48.0 Å². The third-order valence-electron chi connectivity index (χ3n) is 5.28. The lowest BCUT2D eigenvalue weighted by Crippen LogP contribution is -2.41. The molecule has 32 heavy (non-hydrogen) atoms. The van der Waals surface area contributed by atoms with Gasteiger partial charge in [-0.1, -0.05) is 17.7 Å². The van der Waals surface area contributed by atoms with Crippen LogP contribution in [0.2, 0.25) is 5.02 Å². The van der Waals surface area contributed by atoms with Crippen LogP contribution in [0.3, 0.4) is 0 Å². The molecule has 8 nitrogen and oxygen atoms in total. The first kappa shape index (κ1) is 24.1. The van der Waals surface area contributed by atoms with E-state index in [1.807, 2.05) is 0 Å². The quantitative estimate of drug-likeness (QED) is 0.561. The second kappa shape index (κ2) is 10.4. The molecule has 0 atom stereocenters. The van der Waals surface area contributed by atoms with Crippen LogP contribution in [0.1, 0.15) is 18.4 Å². The SMILES string of the molecule is CN(Cc1c(F)cccc1Cl)C(=O)COC(=O)C1CCN(S(=O)(=O)c2cccnc2)CC1. The van der Waals surface area contributed by atoms with Crippen LogP contribution in [0.15, 0.2) is 47.6 Å². The molecule has 0 bridgehead atoms. The first-order chi connectivity index (χ1) is 15.2. The van der Waals surface area contributed by atoms with E-state index in [1.165, 1.54) is 52.9 Å². The fourth-order valence-electron chi connectivity index (χ4n) is 3.35. The van der Waals surface area contributed by atoms with Crippen LogP contribution >= 0.6 is 11.6 Å². The Bertz CT molecular complexity index is 1060. The predicted molar refractivity (Wildman–Crippen MR) is 115 cm³/mol. The van der Waals surface area contributed by atoms with Crippen molar-refractivity contribution < 1.29 is 27.1 Å². The number of esters is 1. The van der Waals surface area contributed by atoms with Crippen molar-refractivity contribution in [2.45, 2.75) is 24.3 Å². The van der Waals surface area contributed by atoms with E-state index in [2.05, 4.69) is 4.98 Å². The van der Waals surface area contributed by atoms with Crippen LogP contribution < -0.4 is 0 Å². The van der Waals surface area contributed by atoms with Gasteiger partial charge in [-0.25, -0.2) is 12.8 Å². The van der Waals surface area contributed by atoms with Crippen molar-refractivity contribution in [3.63, 3.8) is 0 Å². The largest absolute Gasteiger partial charge is 0.455 e. The highest BCUT2D eigenvalue weighted by atomic mass is 35.5. The molecule has 3 rings (SSSR count). The van der Waals surface area contributed by atoms with Gasteiger partial charge in [0.25, 0.3) is 5.91 Å². The minimum Gasteiger partial charge on any atom is -0.455 e. The molecule has 1 saturated heterocycles. The van der Waals surface area contributed by atoms with E-state index < -0.39 is 40.2 Å². The maximum Gasteiger partial charge on any atom is 0.309 e. The number of amides is 1. The second-order valence-corrected chi connectivity index (χ2v) is 9.77. The molecular formula is C21H23ClFN3O5S. The zero-order valence-electron chi connectivity index (χ0n) is 17.4. The number of carbonyl (C=O) groups is 2. The maximum atomic E-state index is 13.9. The van der Waals surface area contributed by atoms with Gasteiger partial charge in [-0.05, 0) is 37.1 Å². The molecule has 0 saturated carbocycles. The average molecular weight is 484 g/mol. The Morgan fingerprint density at radius 3 is 2.59 bits per heavy atom. The van der Waals surface area contributed by atoms with E-state index in [9.17, 15) is 22.4 Å². The molecule has 172 valence electrons. The van der Waals surface area contributed by atoms with Crippen molar-refractivity contribution in [1.82, 2.24) is 14.2 Å². The molecule has 0 spiro atoms. The van der Waals surface area contributed by atoms with E-state index in [0.29, 0.717) is 0 Å². The van der Waals surface area contributed by atoms with Gasteiger partial charge in [0.15, 0.2) is 6.61 Å². The maximum absolute atomic E-state index is 13.9. The van der Waals surface area contributed by atoms with Crippen LogP contribution in [0, 0.1) is 11.7 Å². The fraction of sp³-hybridized carbons (Fsp3) is 0.381. The number of likely N-dealkylation sites (N-methyl/N-ethyl adjacent to an activating group) is 1. The normalized spacial score (nSPS) is 15.3. The smallest absolute Gasteiger partial charge is 0.309 e. The second-order valence-electron chi connectivity index (χ2n) is 7.42. The number of halogens is 2. The topological polar surface area (TPSA) is 96.9 Å². The summed E-state index contributed by atoms with van der Waals surface area (Å²) in [4.78, 5) is 29.8. The Morgan fingerprint density at radius 1 is 1.25 bits per heavy atom. The minimum absolute atomic E-state index is 0.0630. The number of hydrogen-bond acceptors (Lipinski definition) is 6. The van der Waals surface area contributed by atoms with Crippen LogP contribution in [0.25, 0.3) is 0 Å². The zero-order valence-corrected chi connectivity index (χ0v) is 19.0. The molecule has 2 heterocycles. The first-order valence-electron chi connectivity index (χ1n) is 9.94. The Hall–Kier alpha value is -2.56. The van der Waals surface area contributed by atoms with Crippen molar-refractivity contribution in [3.05, 3.63) is 59.1 Å². The summed E-state index contributed by atoms with van der Waals surface area (Å²) in [6.07, 6.45) is 3.34. The third-order valence-corrected chi connectivity index (χ3v) is 7.52. The van der Waals surface area contributed by atoms with Gasteiger partial charge in [-0.15, -0.1) is 0 Å². The molecule has 0 unspecified atom stereocenters. The molecule has 1 aromatic heterocycles. The number of aromatic nitrogens is 1. The summed E-state index contributed by atoms with van der Waals surface area (Å²) >= 11 is 5.98. The summed E-state index contributed by atoms with van der Waals surface area (Å²) in [5.41, 5.74) is 0.179. The van der Waals surface area contributed by atoms with Gasteiger partial charge in [0.05, 0.1) is 5.92 Å². The molecule has 11 heteroatoms. The Balaban J connectivity index is 1.48.